The Morgan fingerprint density at radius 3 is 2.69 bits per heavy atom. The van der Waals surface area contributed by atoms with Crippen LogP contribution in [-0.2, 0) is 0 Å². The Balaban J connectivity index is 1.89. The monoisotopic (exact) mass is 380 g/mol. The molecule has 1 heterocycles. The lowest BCUT2D eigenvalue weighted by atomic mass is 10.1. The fourth-order valence-electron chi connectivity index (χ4n) is 2.36. The average Bonchev–Trinajstić information content (AvgIpc) is 2.60. The lowest BCUT2D eigenvalue weighted by molar-refractivity contribution is -0.153. The summed E-state index contributed by atoms with van der Waals surface area (Å²) in [6.07, 6.45) is -2.96. The molecule has 0 aliphatic rings. The first kappa shape index (κ1) is 18.0. The van der Waals surface area contributed by atoms with E-state index >= 15 is 0 Å². The molecule has 134 valence electrons. The highest BCUT2D eigenvalue weighted by Crippen LogP contribution is 2.30. The first-order valence-corrected chi connectivity index (χ1v) is 7.85. The predicted molar refractivity (Wildman–Crippen MR) is 92.7 cm³/mol. The summed E-state index contributed by atoms with van der Waals surface area (Å²) in [6, 6.07) is 12.7. The fourth-order valence-corrected chi connectivity index (χ4v) is 2.52. The molecular weight excluding hydrogens is 369 g/mol. The number of carbonyl (C=O) groups is 1. The van der Waals surface area contributed by atoms with Gasteiger partial charge in [0.25, 0.3) is 5.91 Å². The number of para-hydroxylation sites is 1. The number of amides is 1. The number of rotatable bonds is 4. The summed E-state index contributed by atoms with van der Waals surface area (Å²) in [4.78, 5) is 16.8. The number of halogens is 4. The van der Waals surface area contributed by atoms with Gasteiger partial charge in [0, 0.05) is 22.7 Å². The normalized spacial score (nSPS) is 11.4. The van der Waals surface area contributed by atoms with E-state index in [1.807, 2.05) is 0 Å². The van der Waals surface area contributed by atoms with Gasteiger partial charge in [-0.2, -0.15) is 13.2 Å². The topological polar surface area (TPSA) is 51.2 Å². The van der Waals surface area contributed by atoms with Gasteiger partial charge in [-0.3, -0.25) is 9.78 Å². The Hall–Kier alpha value is -2.80. The second-order valence-electron chi connectivity index (χ2n) is 5.38. The molecular formula is C18H12ClF3N2O2. The third-order valence-corrected chi connectivity index (χ3v) is 3.70. The van der Waals surface area contributed by atoms with Gasteiger partial charge in [0.05, 0.1) is 16.8 Å². The molecule has 0 unspecified atom stereocenters. The van der Waals surface area contributed by atoms with Gasteiger partial charge in [-0.05, 0) is 24.3 Å². The fraction of sp³-hybridized carbons (Fsp3) is 0.111. The van der Waals surface area contributed by atoms with Gasteiger partial charge < -0.3 is 10.1 Å². The summed E-state index contributed by atoms with van der Waals surface area (Å²) in [5, 5.41) is 3.51. The number of hydrogen-bond acceptors (Lipinski definition) is 3. The maximum atomic E-state index is 12.6. The van der Waals surface area contributed by atoms with Crippen molar-refractivity contribution in [2.24, 2.45) is 0 Å². The van der Waals surface area contributed by atoms with E-state index in [4.69, 9.17) is 16.3 Å². The van der Waals surface area contributed by atoms with Crippen LogP contribution in [0.5, 0.6) is 5.75 Å². The van der Waals surface area contributed by atoms with Crippen LogP contribution in [0.3, 0.4) is 0 Å². The van der Waals surface area contributed by atoms with E-state index in [0.717, 1.165) is 5.39 Å². The van der Waals surface area contributed by atoms with Gasteiger partial charge in [0.2, 0.25) is 0 Å². The number of ether oxygens (including phenoxy) is 1. The van der Waals surface area contributed by atoms with Crippen LogP contribution in [-0.4, -0.2) is 23.7 Å². The van der Waals surface area contributed by atoms with Crippen molar-refractivity contribution >= 4 is 34.1 Å². The summed E-state index contributed by atoms with van der Waals surface area (Å²) in [5.41, 5.74) is 0.857. The lowest BCUT2D eigenvalue weighted by Gasteiger charge is -2.14. The third kappa shape index (κ3) is 4.23. The zero-order chi connectivity index (χ0) is 18.7. The van der Waals surface area contributed by atoms with Crippen LogP contribution in [0.4, 0.5) is 18.9 Å². The van der Waals surface area contributed by atoms with Crippen LogP contribution in [0, 0.1) is 0 Å². The summed E-state index contributed by atoms with van der Waals surface area (Å²) < 4.78 is 42.0. The number of alkyl halides is 3. The summed E-state index contributed by atoms with van der Waals surface area (Å²) >= 11 is 5.81. The molecule has 3 aromatic rings. The molecule has 0 aliphatic carbocycles. The van der Waals surface area contributed by atoms with Crippen LogP contribution in [0.15, 0.2) is 54.7 Å². The highest BCUT2D eigenvalue weighted by molar-refractivity contribution is 6.30. The van der Waals surface area contributed by atoms with E-state index < -0.39 is 18.7 Å². The smallest absolute Gasteiger partial charge is 0.422 e. The molecule has 2 aromatic carbocycles. The van der Waals surface area contributed by atoms with Gasteiger partial charge in [-0.15, -0.1) is 0 Å². The van der Waals surface area contributed by atoms with Crippen molar-refractivity contribution in [3.8, 4) is 5.75 Å². The SMILES string of the molecule is O=C(Nc1ccc(Cl)cc1OCC(F)(F)F)c1cccc2cccnc12. The zero-order valence-corrected chi connectivity index (χ0v) is 13.9. The maximum absolute atomic E-state index is 12.6. The lowest BCUT2D eigenvalue weighted by Crippen LogP contribution is -2.20. The van der Waals surface area contributed by atoms with Crippen LogP contribution in [0.25, 0.3) is 10.9 Å². The van der Waals surface area contributed by atoms with Crippen LogP contribution in [0.2, 0.25) is 5.02 Å². The van der Waals surface area contributed by atoms with E-state index in [1.54, 1.807) is 36.5 Å². The molecule has 3 rings (SSSR count). The van der Waals surface area contributed by atoms with Gasteiger partial charge in [0.15, 0.2) is 6.61 Å². The summed E-state index contributed by atoms with van der Waals surface area (Å²) in [5.74, 6) is -0.690. The number of nitrogens with zero attached hydrogens (tertiary/aromatic N) is 1. The number of pyridine rings is 1. The summed E-state index contributed by atoms with van der Waals surface area (Å²) in [6.45, 7) is -1.49. The molecule has 26 heavy (non-hydrogen) atoms. The van der Waals surface area contributed by atoms with Crippen molar-refractivity contribution < 1.29 is 22.7 Å². The van der Waals surface area contributed by atoms with Gasteiger partial charge in [-0.25, -0.2) is 0 Å². The number of anilines is 1. The van der Waals surface area contributed by atoms with Crippen molar-refractivity contribution in [2.75, 3.05) is 11.9 Å². The minimum atomic E-state index is -4.51. The molecule has 0 spiro atoms. The Morgan fingerprint density at radius 2 is 1.92 bits per heavy atom. The second kappa shape index (κ2) is 7.21. The number of carbonyl (C=O) groups excluding carboxylic acids is 1. The molecule has 0 atom stereocenters. The Morgan fingerprint density at radius 1 is 1.15 bits per heavy atom. The molecule has 0 aliphatic heterocycles. The van der Waals surface area contributed by atoms with E-state index in [1.165, 1.54) is 18.2 Å². The van der Waals surface area contributed by atoms with Crippen LogP contribution >= 0.6 is 11.6 Å². The summed E-state index contributed by atoms with van der Waals surface area (Å²) in [7, 11) is 0. The Bertz CT molecular complexity index is 955. The molecule has 0 saturated carbocycles. The highest BCUT2D eigenvalue weighted by atomic mass is 35.5. The molecule has 4 nitrogen and oxygen atoms in total. The molecule has 8 heteroatoms. The standard InChI is InChI=1S/C18H12ClF3N2O2/c19-12-6-7-14(15(9-12)26-10-18(20,21)22)24-17(25)13-5-1-3-11-4-2-8-23-16(11)13/h1-9H,10H2,(H,24,25). The largest absolute Gasteiger partial charge is 0.482 e. The molecule has 0 bridgehead atoms. The first-order chi connectivity index (χ1) is 12.3. The number of hydrogen-bond donors (Lipinski definition) is 1. The number of benzene rings is 2. The molecule has 1 N–H and O–H groups in total. The number of fused-ring (bicyclic) bond motifs is 1. The number of nitrogens with one attached hydrogen (secondary N) is 1. The first-order valence-electron chi connectivity index (χ1n) is 7.48. The molecule has 1 aromatic heterocycles. The van der Waals surface area contributed by atoms with Gasteiger partial charge in [-0.1, -0.05) is 29.8 Å². The molecule has 0 saturated heterocycles. The Labute approximate surface area is 151 Å². The van der Waals surface area contributed by atoms with E-state index in [0.29, 0.717) is 11.1 Å². The van der Waals surface area contributed by atoms with Crippen molar-refractivity contribution in [1.82, 2.24) is 4.98 Å². The van der Waals surface area contributed by atoms with E-state index in [-0.39, 0.29) is 16.5 Å². The van der Waals surface area contributed by atoms with E-state index in [9.17, 15) is 18.0 Å². The minimum absolute atomic E-state index is 0.0802. The van der Waals surface area contributed by atoms with Crippen LogP contribution < -0.4 is 10.1 Å². The highest BCUT2D eigenvalue weighted by Gasteiger charge is 2.29. The van der Waals surface area contributed by atoms with Crippen molar-refractivity contribution in [1.29, 1.82) is 0 Å². The van der Waals surface area contributed by atoms with Crippen molar-refractivity contribution in [3.63, 3.8) is 0 Å². The maximum Gasteiger partial charge on any atom is 0.422 e. The van der Waals surface area contributed by atoms with Crippen molar-refractivity contribution in [3.05, 3.63) is 65.3 Å². The van der Waals surface area contributed by atoms with Crippen LogP contribution in [0.1, 0.15) is 10.4 Å². The molecule has 1 amide bonds. The third-order valence-electron chi connectivity index (χ3n) is 3.46. The van der Waals surface area contributed by atoms with Gasteiger partial charge in [0.1, 0.15) is 5.75 Å². The second-order valence-corrected chi connectivity index (χ2v) is 5.82. The minimum Gasteiger partial charge on any atom is -0.482 e. The number of aromatic nitrogens is 1. The van der Waals surface area contributed by atoms with E-state index in [2.05, 4.69) is 10.3 Å². The van der Waals surface area contributed by atoms with Crippen molar-refractivity contribution in [2.45, 2.75) is 6.18 Å². The molecule has 0 radical (unpaired) electrons. The Kier molecular flexibility index (Phi) is 4.99. The average molecular weight is 381 g/mol. The molecule has 0 fully saturated rings. The van der Waals surface area contributed by atoms with Gasteiger partial charge >= 0.3 is 6.18 Å². The zero-order valence-electron chi connectivity index (χ0n) is 13.2. The quantitative estimate of drug-likeness (QED) is 0.686. The predicted octanol–water partition coefficient (Wildman–Crippen LogP) is 5.08.